The minimum absolute atomic E-state index is 0.00686. The molecular weight excluding hydrogens is 1600 g/mol. The zero-order valence-corrected chi connectivity index (χ0v) is 53.3. The van der Waals surface area contributed by atoms with Crippen LogP contribution in [0.25, 0.3) is 0 Å². The lowest BCUT2D eigenvalue weighted by atomic mass is 10.00. The predicted molar refractivity (Wildman–Crippen MR) is 322 cm³/mol. The number of aromatic hydroxyl groups is 17. The first-order chi connectivity index (χ1) is 38.5. The van der Waals surface area contributed by atoms with Crippen LogP contribution in [0.1, 0.15) is 69.2 Å². The Hall–Kier alpha value is -7.02. The number of ketones is 4. The molecule has 0 aliphatic heterocycles. The third kappa shape index (κ3) is 14.3. The molecule has 0 saturated carbocycles. The molecule has 8 aromatic carbocycles. The van der Waals surface area contributed by atoms with Crippen LogP contribution in [-0.2, 0) is 0 Å². The maximum Gasteiger partial charge on any atom is 0.202 e. The number of carbonyl (C=O) groups excluding carboxylic acids is 4. The Morgan fingerprint density at radius 3 is 1.18 bits per heavy atom. The molecule has 21 nitrogen and oxygen atoms in total. The van der Waals surface area contributed by atoms with Crippen molar-refractivity contribution in [2.45, 2.75) is 6.92 Å². The van der Waals surface area contributed by atoms with E-state index in [4.69, 9.17) is 23.2 Å². The molecule has 0 amide bonds. The lowest BCUT2D eigenvalue weighted by Crippen LogP contribution is -2.04. The lowest BCUT2D eigenvalue weighted by molar-refractivity contribution is 0.102. The van der Waals surface area contributed by atoms with Gasteiger partial charge in [-0.3, -0.25) is 19.2 Å². The van der Waals surface area contributed by atoms with Crippen LogP contribution in [0.4, 0.5) is 0 Å². The van der Waals surface area contributed by atoms with E-state index < -0.39 is 92.1 Å². The van der Waals surface area contributed by atoms with Gasteiger partial charge in [0.15, 0.2) is 104 Å². The summed E-state index contributed by atoms with van der Waals surface area (Å²) in [7, 11) is 0. The zero-order chi connectivity index (χ0) is 62.7. The normalized spacial score (nSPS) is 10.6. The topological polar surface area (TPSA) is 412 Å². The molecule has 0 spiro atoms. The Labute approximate surface area is 534 Å². The standard InChI is InChI=1S/C14H10Cl2O5.C13H6Br4O4.C13H8Br2O6.C13H9BrO6/c1-5-10(15)9(11(16)14(21)12(5)19)13(20)6-2-3-7(17)8(18)4-6;14-6-1-4(2-8(18)12(6)20)11(19)5-3-7(15)13(21)10(17)9(5)16;14-6-3-9(17)8(16)2-4(6)10(18)5-1-7(15)12(20)13(21)11(5)19;14-7-4-6(11(18)13(20)12(7)19)10(17)5-1-2-8(15)9(16)3-5/h2-4,17-19,21H,1H3;1-3,18,20-21H;1-3,16-17,19-21H;1-4,15-16,18-20H. The average molecular weight is 1640 g/mol. The summed E-state index contributed by atoms with van der Waals surface area (Å²) in [5.74, 6) is -11.5. The number of hydrogen-bond acceptors (Lipinski definition) is 21. The van der Waals surface area contributed by atoms with Gasteiger partial charge in [0.05, 0.1) is 49.1 Å². The first-order valence-corrected chi connectivity index (χ1v) is 28.1. The molecule has 0 aromatic heterocycles. The van der Waals surface area contributed by atoms with E-state index in [0.29, 0.717) is 13.4 Å². The summed E-state index contributed by atoms with van der Waals surface area (Å²) in [6.45, 7) is 1.42. The monoisotopic (exact) mass is 1630 g/mol. The van der Waals surface area contributed by atoms with Crippen LogP contribution in [0.3, 0.4) is 0 Å². The summed E-state index contributed by atoms with van der Waals surface area (Å²) < 4.78 is 1.51. The van der Waals surface area contributed by atoms with Gasteiger partial charge in [0, 0.05) is 42.3 Å². The first-order valence-electron chi connectivity index (χ1n) is 21.8. The lowest BCUT2D eigenvalue weighted by Gasteiger charge is -2.13. The summed E-state index contributed by atoms with van der Waals surface area (Å²) >= 11 is 33.5. The minimum Gasteiger partial charge on any atom is -0.506 e. The molecule has 0 bridgehead atoms. The minimum atomic E-state index is -0.841. The van der Waals surface area contributed by atoms with Crippen molar-refractivity contribution in [1.29, 1.82) is 0 Å². The van der Waals surface area contributed by atoms with Crippen LogP contribution >= 0.6 is 135 Å². The fourth-order valence-corrected chi connectivity index (χ4v) is 10.7. The second-order valence-corrected chi connectivity index (χ2v) is 23.1. The molecule has 0 unspecified atom stereocenters. The number of phenols is 17. The highest BCUT2D eigenvalue weighted by molar-refractivity contribution is 9.13. The van der Waals surface area contributed by atoms with Crippen LogP contribution in [0.2, 0.25) is 10.0 Å². The van der Waals surface area contributed by atoms with Crippen molar-refractivity contribution in [3.8, 4) is 97.7 Å². The molecular formula is C53H33Br7Cl2O21. The van der Waals surface area contributed by atoms with Gasteiger partial charge in [0.1, 0.15) is 5.75 Å². The van der Waals surface area contributed by atoms with Crippen molar-refractivity contribution >= 4 is 158 Å². The van der Waals surface area contributed by atoms with Gasteiger partial charge in [0.25, 0.3) is 0 Å². The Morgan fingerprint density at radius 1 is 0.301 bits per heavy atom. The molecule has 0 aliphatic carbocycles. The summed E-state index contributed by atoms with van der Waals surface area (Å²) in [5.41, 5.74) is -0.226. The molecule has 0 atom stereocenters. The van der Waals surface area contributed by atoms with Crippen LogP contribution in [0, 0.1) is 6.92 Å². The second kappa shape index (κ2) is 27.1. The van der Waals surface area contributed by atoms with Gasteiger partial charge in [-0.25, -0.2) is 0 Å². The van der Waals surface area contributed by atoms with Crippen LogP contribution in [-0.4, -0.2) is 110 Å². The molecule has 0 radical (unpaired) electrons. The van der Waals surface area contributed by atoms with E-state index in [-0.39, 0.29) is 107 Å². The SMILES string of the molecule is Cc1c(O)c(O)c(Cl)c(C(=O)c2ccc(O)c(O)c2)c1Cl.O=C(c1cc(O)c(O)c(Br)c1)c1cc(Br)c(O)c(Br)c1Br.O=C(c1cc(O)c(O)cc1Br)c1cc(Br)c(O)c(O)c1O.O=C(c1ccc(O)c(O)c1)c1cc(Br)c(O)c(O)c1O. The molecule has 8 aromatic rings. The number of halogens is 9. The van der Waals surface area contributed by atoms with Gasteiger partial charge in [-0.2, -0.15) is 0 Å². The van der Waals surface area contributed by atoms with E-state index in [0.717, 1.165) is 48.5 Å². The van der Waals surface area contributed by atoms with Crippen LogP contribution in [0.15, 0.2) is 110 Å². The Morgan fingerprint density at radius 2 is 0.699 bits per heavy atom. The molecule has 434 valence electrons. The van der Waals surface area contributed by atoms with E-state index in [1.54, 1.807) is 0 Å². The largest absolute Gasteiger partial charge is 0.506 e. The maximum absolute atomic E-state index is 12.5. The highest BCUT2D eigenvalue weighted by Crippen LogP contribution is 2.48. The molecule has 83 heavy (non-hydrogen) atoms. The highest BCUT2D eigenvalue weighted by atomic mass is 79.9. The first kappa shape index (κ1) is 66.8. The molecule has 17 N–H and O–H groups in total. The van der Waals surface area contributed by atoms with E-state index >= 15 is 0 Å². The molecule has 0 heterocycles. The van der Waals surface area contributed by atoms with Crippen LogP contribution < -0.4 is 0 Å². The summed E-state index contributed by atoms with van der Waals surface area (Å²) in [6, 6.07) is 15.3. The third-order valence-electron chi connectivity index (χ3n) is 11.1. The van der Waals surface area contributed by atoms with Gasteiger partial charge >= 0.3 is 0 Å². The quantitative estimate of drug-likeness (QED) is 0.0382. The average Bonchev–Trinajstić information content (AvgIpc) is 3.16. The van der Waals surface area contributed by atoms with E-state index in [9.17, 15) is 106 Å². The predicted octanol–water partition coefficient (Wildman–Crippen LogP) is 13.6. The Bertz CT molecular complexity index is 3960. The summed E-state index contributed by atoms with van der Waals surface area (Å²) in [5, 5.41) is 161. The number of rotatable bonds is 8. The fraction of sp³-hybridized carbons (Fsp3) is 0.0189. The smallest absolute Gasteiger partial charge is 0.202 e. The van der Waals surface area contributed by atoms with Crippen molar-refractivity contribution in [2.24, 2.45) is 0 Å². The Kier molecular flexibility index (Phi) is 21.8. The van der Waals surface area contributed by atoms with E-state index in [1.165, 1.54) is 37.3 Å². The van der Waals surface area contributed by atoms with Gasteiger partial charge in [0.2, 0.25) is 11.5 Å². The van der Waals surface area contributed by atoms with Crippen molar-refractivity contribution in [3.05, 3.63) is 170 Å². The summed E-state index contributed by atoms with van der Waals surface area (Å²) in [6.07, 6.45) is 0. The number of hydrogen-bond donors (Lipinski definition) is 17. The van der Waals surface area contributed by atoms with Crippen molar-refractivity contribution < 1.29 is 106 Å². The number of benzene rings is 8. The Balaban J connectivity index is 0.000000203. The van der Waals surface area contributed by atoms with Gasteiger partial charge in [-0.05, 0) is 197 Å². The van der Waals surface area contributed by atoms with E-state index in [2.05, 4.69) is 112 Å². The third-order valence-corrected chi connectivity index (χ3v) is 17.2. The van der Waals surface area contributed by atoms with Gasteiger partial charge < -0.3 is 86.8 Å². The molecule has 0 fully saturated rings. The zero-order valence-electron chi connectivity index (χ0n) is 40.6. The van der Waals surface area contributed by atoms with Crippen molar-refractivity contribution in [3.63, 3.8) is 0 Å². The van der Waals surface area contributed by atoms with Gasteiger partial charge in [-0.15, -0.1) is 0 Å². The molecule has 30 heteroatoms. The number of carbonyl (C=O) groups is 4. The van der Waals surface area contributed by atoms with E-state index in [1.807, 2.05) is 0 Å². The van der Waals surface area contributed by atoms with Crippen LogP contribution in [0.5, 0.6) is 97.7 Å². The summed E-state index contributed by atoms with van der Waals surface area (Å²) in [4.78, 5) is 49.5. The maximum atomic E-state index is 12.5. The molecule has 8 rings (SSSR count). The highest BCUT2D eigenvalue weighted by Gasteiger charge is 2.28. The number of phenolic OH excluding ortho intramolecular Hbond substituents is 17. The molecule has 0 aliphatic rings. The van der Waals surface area contributed by atoms with Crippen molar-refractivity contribution in [1.82, 2.24) is 0 Å². The molecule has 0 saturated heterocycles. The fourth-order valence-electron chi connectivity index (χ4n) is 6.69. The van der Waals surface area contributed by atoms with Crippen molar-refractivity contribution in [2.75, 3.05) is 0 Å². The van der Waals surface area contributed by atoms with Gasteiger partial charge in [-0.1, -0.05) is 23.2 Å². The second-order valence-electron chi connectivity index (χ2n) is 16.5.